The number of nitrogens with zero attached hydrogens (tertiary/aromatic N) is 3. The van der Waals surface area contributed by atoms with Crippen LogP contribution < -0.4 is 5.32 Å². The Kier molecular flexibility index (Phi) is 6.98. The Bertz CT molecular complexity index is 1010. The van der Waals surface area contributed by atoms with Crippen LogP contribution in [0.2, 0.25) is 5.02 Å². The second kappa shape index (κ2) is 9.18. The van der Waals surface area contributed by atoms with Crippen LogP contribution in [0.3, 0.4) is 0 Å². The largest absolute Gasteiger partial charge is 0.341 e. The van der Waals surface area contributed by atoms with Crippen LogP contribution in [0.1, 0.15) is 30.4 Å². The number of nitrogens with one attached hydrogen (secondary N) is 1. The van der Waals surface area contributed by atoms with Gasteiger partial charge >= 0.3 is 0 Å². The molecule has 1 saturated heterocycles. The van der Waals surface area contributed by atoms with E-state index in [1.165, 1.54) is 18.5 Å². The van der Waals surface area contributed by atoms with Crippen LogP contribution in [0.15, 0.2) is 29.4 Å². The van der Waals surface area contributed by atoms with Gasteiger partial charge in [0.05, 0.1) is 11.3 Å². The number of hydrogen-bond donors (Lipinski definition) is 1. The third kappa shape index (κ3) is 4.88. The quantitative estimate of drug-likeness (QED) is 0.712. The Morgan fingerprint density at radius 2 is 1.97 bits per heavy atom. The van der Waals surface area contributed by atoms with Crippen molar-refractivity contribution in [3.05, 3.63) is 40.7 Å². The fourth-order valence-electron chi connectivity index (χ4n) is 3.98. The number of amides is 2. The van der Waals surface area contributed by atoms with Crippen LogP contribution >= 0.6 is 11.6 Å². The minimum Gasteiger partial charge on any atom is -0.341 e. The number of likely N-dealkylation sites (N-methyl/N-ethyl adjacent to an activating group) is 1. The smallest absolute Gasteiger partial charge is 0.264 e. The zero-order valence-corrected chi connectivity index (χ0v) is 19.8. The fourth-order valence-corrected chi connectivity index (χ4v) is 5.95. The highest BCUT2D eigenvalue weighted by Crippen LogP contribution is 2.29. The van der Waals surface area contributed by atoms with Crippen molar-refractivity contribution in [1.82, 2.24) is 19.4 Å². The molecule has 3 rings (SSSR count). The molecule has 2 aliphatic rings. The molecule has 2 heterocycles. The highest BCUT2D eigenvalue weighted by molar-refractivity contribution is 7.89. The summed E-state index contributed by atoms with van der Waals surface area (Å²) in [5.74, 6) is -0.754. The molecule has 1 aromatic rings. The predicted octanol–water partition coefficient (Wildman–Crippen LogP) is 1.86. The van der Waals surface area contributed by atoms with Crippen LogP contribution in [0, 0.1) is 13.8 Å². The minimum atomic E-state index is -4.07. The molecule has 0 aromatic heterocycles. The first kappa shape index (κ1) is 23.6. The summed E-state index contributed by atoms with van der Waals surface area (Å²) < 4.78 is 27.9. The second-order valence-corrected chi connectivity index (χ2v) is 10.6. The summed E-state index contributed by atoms with van der Waals surface area (Å²) in [6.07, 6.45) is 4.23. The number of benzene rings is 1. The van der Waals surface area contributed by atoms with Crippen LogP contribution in [0.5, 0.6) is 0 Å². The Hall–Kier alpha value is -2.10. The van der Waals surface area contributed by atoms with Gasteiger partial charge in [-0.1, -0.05) is 11.6 Å². The first-order chi connectivity index (χ1) is 14.5. The van der Waals surface area contributed by atoms with E-state index in [4.69, 9.17) is 11.6 Å². The predicted molar refractivity (Wildman–Crippen MR) is 119 cm³/mol. The van der Waals surface area contributed by atoms with Crippen molar-refractivity contribution in [3.8, 4) is 0 Å². The van der Waals surface area contributed by atoms with Crippen molar-refractivity contribution in [3.63, 3.8) is 0 Å². The van der Waals surface area contributed by atoms with Crippen molar-refractivity contribution in [2.45, 2.75) is 50.1 Å². The van der Waals surface area contributed by atoms with Gasteiger partial charge < -0.3 is 15.1 Å². The van der Waals surface area contributed by atoms with Gasteiger partial charge in [-0.05, 0) is 64.0 Å². The molecule has 0 unspecified atom stereocenters. The van der Waals surface area contributed by atoms with Gasteiger partial charge in [0.15, 0.2) is 0 Å². The number of carbonyl (C=O) groups excluding carboxylic acids is 2. The van der Waals surface area contributed by atoms with Crippen molar-refractivity contribution in [1.29, 1.82) is 0 Å². The number of piperidine rings is 1. The molecule has 1 fully saturated rings. The summed E-state index contributed by atoms with van der Waals surface area (Å²) in [6, 6.07) is 2.18. The number of likely N-dealkylation sites (tertiary alicyclic amines) is 1. The molecule has 0 saturated carbocycles. The molecule has 0 spiro atoms. The summed E-state index contributed by atoms with van der Waals surface area (Å²) in [4.78, 5) is 29.5. The molecule has 8 nitrogen and oxygen atoms in total. The third-order valence-electron chi connectivity index (χ3n) is 5.92. The van der Waals surface area contributed by atoms with E-state index in [-0.39, 0.29) is 23.3 Å². The van der Waals surface area contributed by atoms with Crippen LogP contribution in [-0.4, -0.2) is 73.6 Å². The van der Waals surface area contributed by atoms with Gasteiger partial charge in [-0.3, -0.25) is 13.9 Å². The molecule has 1 aromatic carbocycles. The maximum Gasteiger partial charge on any atom is 0.264 e. The Morgan fingerprint density at radius 1 is 1.26 bits per heavy atom. The van der Waals surface area contributed by atoms with Crippen molar-refractivity contribution < 1.29 is 18.0 Å². The van der Waals surface area contributed by atoms with E-state index in [9.17, 15) is 18.0 Å². The molecule has 0 radical (unpaired) electrons. The molecule has 0 bridgehead atoms. The first-order valence-corrected chi connectivity index (χ1v) is 12.1. The normalized spacial score (nSPS) is 22.1. The van der Waals surface area contributed by atoms with Gasteiger partial charge in [0, 0.05) is 36.6 Å². The SMILES string of the molecule is Cc1cc(S(=O)(=O)N2C=CNC(=O)[C@H]2CC(=O)N2CCC[C@@H](N(C)C)C2)c(C)cc1Cl. The summed E-state index contributed by atoms with van der Waals surface area (Å²) in [5, 5.41) is 3.00. The summed E-state index contributed by atoms with van der Waals surface area (Å²) in [7, 11) is -0.117. The van der Waals surface area contributed by atoms with Crippen molar-refractivity contribution in [2.75, 3.05) is 27.2 Å². The zero-order chi connectivity index (χ0) is 22.9. The molecule has 2 amide bonds. The molecular formula is C21H29ClN4O4S. The maximum atomic E-state index is 13.4. The number of aryl methyl sites for hydroxylation is 2. The van der Waals surface area contributed by atoms with Crippen molar-refractivity contribution >= 4 is 33.4 Å². The van der Waals surface area contributed by atoms with Gasteiger partial charge in [-0.15, -0.1) is 0 Å². The Morgan fingerprint density at radius 3 is 2.65 bits per heavy atom. The average Bonchev–Trinajstić information content (AvgIpc) is 2.71. The number of hydrogen-bond acceptors (Lipinski definition) is 5. The lowest BCUT2D eigenvalue weighted by Gasteiger charge is -2.38. The van der Waals surface area contributed by atoms with Gasteiger partial charge in [-0.25, -0.2) is 8.42 Å². The van der Waals surface area contributed by atoms with E-state index in [0.29, 0.717) is 29.2 Å². The molecular weight excluding hydrogens is 440 g/mol. The van der Waals surface area contributed by atoms with Gasteiger partial charge in [0.2, 0.25) is 11.8 Å². The third-order valence-corrected chi connectivity index (χ3v) is 8.25. The maximum absolute atomic E-state index is 13.4. The number of halogens is 1. The van der Waals surface area contributed by atoms with E-state index in [2.05, 4.69) is 10.2 Å². The number of carbonyl (C=O) groups is 2. The van der Waals surface area contributed by atoms with Gasteiger partial charge in [-0.2, -0.15) is 0 Å². The van der Waals surface area contributed by atoms with Crippen LogP contribution in [-0.2, 0) is 19.6 Å². The lowest BCUT2D eigenvalue weighted by atomic mass is 10.0. The van der Waals surface area contributed by atoms with E-state index in [1.54, 1.807) is 24.8 Å². The van der Waals surface area contributed by atoms with E-state index >= 15 is 0 Å². The molecule has 1 N–H and O–H groups in total. The first-order valence-electron chi connectivity index (χ1n) is 10.2. The lowest BCUT2D eigenvalue weighted by Crippen LogP contribution is -2.53. The molecule has 31 heavy (non-hydrogen) atoms. The van der Waals surface area contributed by atoms with E-state index in [0.717, 1.165) is 17.1 Å². The monoisotopic (exact) mass is 468 g/mol. The van der Waals surface area contributed by atoms with Gasteiger partial charge in [0.1, 0.15) is 6.04 Å². The highest BCUT2D eigenvalue weighted by atomic mass is 35.5. The lowest BCUT2D eigenvalue weighted by molar-refractivity contribution is -0.137. The second-order valence-electron chi connectivity index (χ2n) is 8.35. The van der Waals surface area contributed by atoms with E-state index < -0.39 is 22.0 Å². The van der Waals surface area contributed by atoms with Crippen LogP contribution in [0.25, 0.3) is 0 Å². The minimum absolute atomic E-state index is 0.0665. The fraction of sp³-hybridized carbons (Fsp3) is 0.524. The topological polar surface area (TPSA) is 90.0 Å². The van der Waals surface area contributed by atoms with E-state index in [1.807, 2.05) is 14.1 Å². The molecule has 0 aliphatic carbocycles. The average molecular weight is 469 g/mol. The summed E-state index contributed by atoms with van der Waals surface area (Å²) in [5.41, 5.74) is 1.09. The standard InChI is InChI=1S/C21H29ClN4O4S/c1-14-11-19(15(2)10-17(14)22)31(29,30)26-9-7-23-21(28)18(26)12-20(27)25-8-5-6-16(13-25)24(3)4/h7,9-11,16,18H,5-6,8,12-13H2,1-4H3,(H,23,28)/t16-,18-/m1/s1. The zero-order valence-electron chi connectivity index (χ0n) is 18.3. The van der Waals surface area contributed by atoms with Crippen LogP contribution in [0.4, 0.5) is 0 Å². The van der Waals surface area contributed by atoms with Crippen molar-refractivity contribution in [2.24, 2.45) is 0 Å². The Balaban J connectivity index is 1.87. The Labute approximate surface area is 188 Å². The molecule has 2 atom stereocenters. The molecule has 10 heteroatoms. The molecule has 2 aliphatic heterocycles. The molecule has 170 valence electrons. The highest BCUT2D eigenvalue weighted by Gasteiger charge is 2.39. The number of rotatable bonds is 5. The summed E-state index contributed by atoms with van der Waals surface area (Å²) in [6.45, 7) is 4.55. The summed E-state index contributed by atoms with van der Waals surface area (Å²) >= 11 is 6.12. The number of sulfonamides is 1. The van der Waals surface area contributed by atoms with Gasteiger partial charge in [0.25, 0.3) is 10.0 Å².